The van der Waals surface area contributed by atoms with Crippen molar-refractivity contribution in [3.8, 4) is 0 Å². The van der Waals surface area contributed by atoms with Crippen molar-refractivity contribution in [3.63, 3.8) is 0 Å². The topological polar surface area (TPSA) is 64.6 Å². The van der Waals surface area contributed by atoms with Gasteiger partial charge in [0, 0.05) is 0 Å². The summed E-state index contributed by atoms with van der Waals surface area (Å²) < 4.78 is 47.0. The summed E-state index contributed by atoms with van der Waals surface area (Å²) in [6, 6.07) is -2.33. The van der Waals surface area contributed by atoms with Gasteiger partial charge in [0.1, 0.15) is 11.6 Å². The van der Waals surface area contributed by atoms with E-state index in [1.54, 1.807) is 5.32 Å². The van der Waals surface area contributed by atoms with E-state index < -0.39 is 36.3 Å². The highest BCUT2D eigenvalue weighted by atomic mass is 19.4. The monoisotopic (exact) mass is 285 g/mol. The predicted octanol–water partition coefficient (Wildman–Crippen LogP) is 2.40. The van der Waals surface area contributed by atoms with Gasteiger partial charge in [-0.25, -0.2) is 4.79 Å². The number of ether oxygens (including phenoxy) is 2. The normalized spacial score (nSPS) is 13.6. The SMILES string of the molecule is CCOC(=O)C[C@H](NC(=O)OC(C)(C)C)C(F)(F)F. The van der Waals surface area contributed by atoms with Crippen LogP contribution < -0.4 is 5.32 Å². The molecule has 0 rings (SSSR count). The zero-order valence-electron chi connectivity index (χ0n) is 11.3. The number of hydrogen-bond donors (Lipinski definition) is 1. The van der Waals surface area contributed by atoms with E-state index >= 15 is 0 Å². The first-order valence-electron chi connectivity index (χ1n) is 5.67. The van der Waals surface area contributed by atoms with Gasteiger partial charge < -0.3 is 14.8 Å². The van der Waals surface area contributed by atoms with E-state index in [0.717, 1.165) is 0 Å². The van der Waals surface area contributed by atoms with Crippen LogP contribution in [0.3, 0.4) is 0 Å². The fourth-order valence-corrected chi connectivity index (χ4v) is 1.08. The Kier molecular flexibility index (Phi) is 6.11. The largest absolute Gasteiger partial charge is 0.466 e. The zero-order valence-corrected chi connectivity index (χ0v) is 11.3. The van der Waals surface area contributed by atoms with Gasteiger partial charge in [0.15, 0.2) is 0 Å². The minimum Gasteiger partial charge on any atom is -0.466 e. The van der Waals surface area contributed by atoms with Gasteiger partial charge in [-0.05, 0) is 27.7 Å². The first-order chi connectivity index (χ1) is 8.45. The second kappa shape index (κ2) is 6.63. The second-order valence-corrected chi connectivity index (χ2v) is 4.75. The van der Waals surface area contributed by atoms with Crippen LogP contribution >= 0.6 is 0 Å². The van der Waals surface area contributed by atoms with Crippen LogP contribution in [0.5, 0.6) is 0 Å². The molecule has 0 fully saturated rings. The molecule has 19 heavy (non-hydrogen) atoms. The first kappa shape index (κ1) is 17.5. The van der Waals surface area contributed by atoms with Crippen LogP contribution in [-0.4, -0.2) is 36.5 Å². The molecule has 0 unspecified atom stereocenters. The molecule has 0 aliphatic carbocycles. The van der Waals surface area contributed by atoms with Crippen LogP contribution in [0.2, 0.25) is 0 Å². The molecule has 5 nitrogen and oxygen atoms in total. The molecule has 112 valence electrons. The van der Waals surface area contributed by atoms with Crippen LogP contribution in [-0.2, 0) is 14.3 Å². The van der Waals surface area contributed by atoms with E-state index in [1.165, 1.54) is 27.7 Å². The van der Waals surface area contributed by atoms with Crippen LogP contribution in [0.15, 0.2) is 0 Å². The molecule has 0 bridgehead atoms. The Labute approximate surface area is 109 Å². The molecule has 0 radical (unpaired) electrons. The summed E-state index contributed by atoms with van der Waals surface area (Å²) in [5, 5.41) is 1.62. The highest BCUT2D eigenvalue weighted by Crippen LogP contribution is 2.23. The molecule has 0 aromatic heterocycles. The van der Waals surface area contributed by atoms with Gasteiger partial charge in [0.2, 0.25) is 0 Å². The number of nitrogens with one attached hydrogen (secondary N) is 1. The molecule has 0 aromatic rings. The van der Waals surface area contributed by atoms with Crippen molar-refractivity contribution in [1.82, 2.24) is 5.32 Å². The lowest BCUT2D eigenvalue weighted by Crippen LogP contribution is -2.48. The lowest BCUT2D eigenvalue weighted by Gasteiger charge is -2.24. The van der Waals surface area contributed by atoms with E-state index in [2.05, 4.69) is 4.74 Å². The van der Waals surface area contributed by atoms with Gasteiger partial charge in [0.05, 0.1) is 13.0 Å². The quantitative estimate of drug-likeness (QED) is 0.805. The lowest BCUT2D eigenvalue weighted by molar-refractivity contribution is -0.168. The molecule has 8 heteroatoms. The van der Waals surface area contributed by atoms with E-state index in [9.17, 15) is 22.8 Å². The third kappa shape index (κ3) is 8.28. The fourth-order valence-electron chi connectivity index (χ4n) is 1.08. The van der Waals surface area contributed by atoms with E-state index in [1.807, 2.05) is 0 Å². The summed E-state index contributed by atoms with van der Waals surface area (Å²) in [6.45, 7) is 5.99. The van der Waals surface area contributed by atoms with Gasteiger partial charge in [-0.15, -0.1) is 0 Å². The van der Waals surface area contributed by atoms with Crippen LogP contribution in [0, 0.1) is 0 Å². The number of rotatable bonds is 4. The zero-order chi connectivity index (χ0) is 15.3. The molecule has 0 saturated carbocycles. The van der Waals surface area contributed by atoms with Gasteiger partial charge >= 0.3 is 18.2 Å². The smallest absolute Gasteiger partial charge is 0.409 e. The highest BCUT2D eigenvalue weighted by Gasteiger charge is 2.43. The molecule has 0 aliphatic heterocycles. The minimum atomic E-state index is -4.76. The molecule has 1 atom stereocenters. The van der Waals surface area contributed by atoms with Gasteiger partial charge in [-0.1, -0.05) is 0 Å². The van der Waals surface area contributed by atoms with Crippen LogP contribution in [0.25, 0.3) is 0 Å². The molecule has 0 spiro atoms. The van der Waals surface area contributed by atoms with Gasteiger partial charge in [-0.2, -0.15) is 13.2 Å². The van der Waals surface area contributed by atoms with E-state index in [-0.39, 0.29) is 6.61 Å². The number of alkyl halides is 3. The standard InChI is InChI=1S/C11H18F3NO4/c1-5-18-8(16)6-7(11(12,13)14)15-9(17)19-10(2,3)4/h7H,5-6H2,1-4H3,(H,15,17)/t7-/m0/s1. The summed E-state index contributed by atoms with van der Waals surface area (Å²) in [7, 11) is 0. The number of carbonyl (C=O) groups excluding carboxylic acids is 2. The molecule has 1 N–H and O–H groups in total. The Morgan fingerprint density at radius 2 is 1.74 bits per heavy atom. The summed E-state index contributed by atoms with van der Waals surface area (Å²) in [5.41, 5.74) is -0.926. The van der Waals surface area contributed by atoms with Crippen molar-refractivity contribution in [1.29, 1.82) is 0 Å². The lowest BCUT2D eigenvalue weighted by atomic mass is 10.2. The Hall–Kier alpha value is -1.47. The van der Waals surface area contributed by atoms with Crippen molar-refractivity contribution < 1.29 is 32.2 Å². The van der Waals surface area contributed by atoms with Crippen molar-refractivity contribution in [2.75, 3.05) is 6.61 Å². The summed E-state index contributed by atoms with van der Waals surface area (Å²) >= 11 is 0. The third-order valence-corrected chi connectivity index (χ3v) is 1.76. The average Bonchev–Trinajstić information content (AvgIpc) is 2.12. The molecule has 0 aromatic carbocycles. The number of hydrogen-bond acceptors (Lipinski definition) is 4. The summed E-state index contributed by atoms with van der Waals surface area (Å²) in [6.07, 6.45) is -6.99. The molecular weight excluding hydrogens is 267 g/mol. The Morgan fingerprint density at radius 3 is 2.11 bits per heavy atom. The Bertz CT molecular complexity index is 323. The Balaban J connectivity index is 4.62. The predicted molar refractivity (Wildman–Crippen MR) is 60.5 cm³/mol. The maximum atomic E-state index is 12.6. The van der Waals surface area contributed by atoms with Gasteiger partial charge in [-0.3, -0.25) is 4.79 Å². The van der Waals surface area contributed by atoms with Crippen molar-refractivity contribution in [3.05, 3.63) is 0 Å². The average molecular weight is 285 g/mol. The maximum Gasteiger partial charge on any atom is 0.409 e. The Morgan fingerprint density at radius 1 is 1.21 bits per heavy atom. The number of alkyl carbamates (subject to hydrolysis) is 1. The van der Waals surface area contributed by atoms with Crippen molar-refractivity contribution in [2.45, 2.75) is 51.9 Å². The molecule has 0 saturated heterocycles. The highest BCUT2D eigenvalue weighted by molar-refractivity contribution is 5.73. The van der Waals surface area contributed by atoms with Crippen LogP contribution in [0.4, 0.5) is 18.0 Å². The molecular formula is C11H18F3NO4. The first-order valence-corrected chi connectivity index (χ1v) is 5.67. The maximum absolute atomic E-state index is 12.6. The van der Waals surface area contributed by atoms with Gasteiger partial charge in [0.25, 0.3) is 0 Å². The third-order valence-electron chi connectivity index (χ3n) is 1.76. The van der Waals surface area contributed by atoms with E-state index in [0.29, 0.717) is 0 Å². The summed E-state index contributed by atoms with van der Waals surface area (Å²) in [5.74, 6) is -1.04. The summed E-state index contributed by atoms with van der Waals surface area (Å²) in [4.78, 5) is 22.3. The number of halogens is 3. The number of esters is 1. The van der Waals surface area contributed by atoms with Crippen LogP contribution in [0.1, 0.15) is 34.1 Å². The number of amides is 1. The molecule has 0 heterocycles. The second-order valence-electron chi connectivity index (χ2n) is 4.75. The van der Waals surface area contributed by atoms with E-state index in [4.69, 9.17) is 4.74 Å². The fraction of sp³-hybridized carbons (Fsp3) is 0.818. The number of carbonyl (C=O) groups is 2. The van der Waals surface area contributed by atoms with Crippen molar-refractivity contribution >= 4 is 12.1 Å². The molecule has 0 aliphatic rings. The molecule has 1 amide bonds. The van der Waals surface area contributed by atoms with Crippen molar-refractivity contribution in [2.24, 2.45) is 0 Å². The minimum absolute atomic E-state index is 0.0319.